The second kappa shape index (κ2) is 10.3. The van der Waals surface area contributed by atoms with E-state index in [4.69, 9.17) is 4.74 Å². The monoisotopic (exact) mass is 370 g/mol. The molecule has 0 spiro atoms. The normalized spacial score (nSPS) is 12.7. The van der Waals surface area contributed by atoms with Crippen LogP contribution >= 0.6 is 0 Å². The van der Waals surface area contributed by atoms with Crippen molar-refractivity contribution in [3.8, 4) is 5.75 Å². The van der Waals surface area contributed by atoms with Crippen molar-refractivity contribution in [1.82, 2.24) is 10.6 Å². The Morgan fingerprint density at radius 1 is 1.04 bits per heavy atom. The van der Waals surface area contributed by atoms with Crippen molar-refractivity contribution in [2.24, 2.45) is 0 Å². The number of urea groups is 1. The van der Waals surface area contributed by atoms with Gasteiger partial charge in [0.2, 0.25) is 0 Å². The Morgan fingerprint density at radius 3 is 2.30 bits per heavy atom. The van der Waals surface area contributed by atoms with Gasteiger partial charge in [-0.3, -0.25) is 10.1 Å². The molecule has 0 aromatic heterocycles. The molecule has 0 aliphatic rings. The summed E-state index contributed by atoms with van der Waals surface area (Å²) >= 11 is 0. The van der Waals surface area contributed by atoms with Crippen molar-refractivity contribution in [3.05, 3.63) is 65.7 Å². The number of hydrogen-bond acceptors (Lipinski definition) is 3. The molecule has 27 heavy (non-hydrogen) atoms. The van der Waals surface area contributed by atoms with Crippen LogP contribution in [0.15, 0.2) is 54.6 Å². The largest absolute Gasteiger partial charge is 0.494 e. The van der Waals surface area contributed by atoms with E-state index < -0.39 is 12.1 Å². The lowest BCUT2D eigenvalue weighted by Gasteiger charge is -2.24. The summed E-state index contributed by atoms with van der Waals surface area (Å²) in [6.45, 7) is 5.48. The number of nitrogens with one attached hydrogen (secondary N) is 3. The van der Waals surface area contributed by atoms with E-state index in [2.05, 4.69) is 10.6 Å². The molecule has 0 heterocycles. The van der Waals surface area contributed by atoms with Crippen LogP contribution in [-0.2, 0) is 11.3 Å². The van der Waals surface area contributed by atoms with Crippen molar-refractivity contribution in [3.63, 3.8) is 0 Å². The van der Waals surface area contributed by atoms with Crippen molar-refractivity contribution >= 4 is 11.9 Å². The number of carbonyl (C=O) groups is 2. The maximum absolute atomic E-state index is 12.8. The highest BCUT2D eigenvalue weighted by molar-refractivity contribution is 5.96. The van der Waals surface area contributed by atoms with E-state index >= 15 is 0 Å². The van der Waals surface area contributed by atoms with E-state index in [1.807, 2.05) is 75.5 Å². The number of benzene rings is 2. The first kappa shape index (κ1) is 20.5. The number of ether oxygens (including phenoxy) is 1. The number of quaternary nitrogens is 1. The first-order chi connectivity index (χ1) is 13.0. The molecule has 0 bridgehead atoms. The highest BCUT2D eigenvalue weighted by atomic mass is 16.5. The van der Waals surface area contributed by atoms with Crippen molar-refractivity contribution < 1.29 is 19.2 Å². The standard InChI is InChI=1S/C21H27N3O3/c1-4-22-21(26)23-20(25)19(17-9-7-6-8-10-17)24(3)15-16-11-13-18(14-12-16)27-5-2/h6-14,19H,4-5,15H2,1-3H3,(H2,22,23,25,26)/p+1/t19-/m1/s1. The fourth-order valence-electron chi connectivity index (χ4n) is 2.99. The predicted molar refractivity (Wildman–Crippen MR) is 105 cm³/mol. The number of imide groups is 1. The Bertz CT molecular complexity index is 732. The van der Waals surface area contributed by atoms with Crippen molar-refractivity contribution in [2.75, 3.05) is 20.2 Å². The van der Waals surface area contributed by atoms with E-state index in [1.165, 1.54) is 0 Å². The number of rotatable bonds is 8. The molecule has 3 N–H and O–H groups in total. The van der Waals surface area contributed by atoms with Crippen LogP contribution in [0.3, 0.4) is 0 Å². The molecule has 2 rings (SSSR count). The minimum Gasteiger partial charge on any atom is -0.494 e. The van der Waals surface area contributed by atoms with Gasteiger partial charge in [0.05, 0.1) is 13.7 Å². The summed E-state index contributed by atoms with van der Waals surface area (Å²) in [5, 5.41) is 5.04. The van der Waals surface area contributed by atoms with Gasteiger partial charge in [-0.15, -0.1) is 0 Å². The molecule has 6 heteroatoms. The van der Waals surface area contributed by atoms with E-state index in [0.29, 0.717) is 19.7 Å². The van der Waals surface area contributed by atoms with Crippen molar-refractivity contribution in [1.29, 1.82) is 0 Å². The van der Waals surface area contributed by atoms with Crippen LogP contribution in [0.4, 0.5) is 4.79 Å². The van der Waals surface area contributed by atoms with E-state index in [0.717, 1.165) is 21.8 Å². The molecule has 0 fully saturated rings. The molecule has 0 saturated carbocycles. The zero-order valence-corrected chi connectivity index (χ0v) is 16.1. The second-order valence-corrected chi connectivity index (χ2v) is 6.29. The summed E-state index contributed by atoms with van der Waals surface area (Å²) < 4.78 is 5.47. The molecule has 2 aromatic rings. The summed E-state index contributed by atoms with van der Waals surface area (Å²) in [4.78, 5) is 25.6. The van der Waals surface area contributed by atoms with Gasteiger partial charge in [-0.2, -0.15) is 0 Å². The number of hydrogen-bond donors (Lipinski definition) is 3. The van der Waals surface area contributed by atoms with E-state index in [9.17, 15) is 9.59 Å². The zero-order valence-electron chi connectivity index (χ0n) is 16.1. The molecule has 0 aliphatic heterocycles. The van der Waals surface area contributed by atoms with Gasteiger partial charge in [0.25, 0.3) is 5.91 Å². The Kier molecular flexibility index (Phi) is 7.82. The number of likely N-dealkylation sites (N-methyl/N-ethyl adjacent to an activating group) is 1. The van der Waals surface area contributed by atoms with Gasteiger partial charge in [0.15, 0.2) is 6.04 Å². The molecule has 0 saturated heterocycles. The maximum Gasteiger partial charge on any atom is 0.321 e. The fourth-order valence-corrected chi connectivity index (χ4v) is 2.99. The molecule has 1 unspecified atom stereocenters. The maximum atomic E-state index is 12.8. The van der Waals surface area contributed by atoms with Crippen LogP contribution < -0.4 is 20.3 Å². The second-order valence-electron chi connectivity index (χ2n) is 6.29. The third-order valence-electron chi connectivity index (χ3n) is 4.18. The van der Waals surface area contributed by atoms with Crippen LogP contribution in [-0.4, -0.2) is 32.1 Å². The van der Waals surface area contributed by atoms with Crippen molar-refractivity contribution in [2.45, 2.75) is 26.4 Å². The SMILES string of the molecule is CCNC(=O)NC(=O)[C@@H](c1ccccc1)[NH+](C)Cc1ccc(OCC)cc1. The number of amides is 3. The van der Waals surface area contributed by atoms with Gasteiger partial charge in [-0.25, -0.2) is 4.79 Å². The fraction of sp³-hybridized carbons (Fsp3) is 0.333. The Labute approximate surface area is 160 Å². The van der Waals surface area contributed by atoms with Gasteiger partial charge in [0.1, 0.15) is 12.3 Å². The summed E-state index contributed by atoms with van der Waals surface area (Å²) in [7, 11) is 1.95. The average molecular weight is 370 g/mol. The molecular weight excluding hydrogens is 342 g/mol. The minimum absolute atomic E-state index is 0.324. The average Bonchev–Trinajstić information content (AvgIpc) is 2.65. The lowest BCUT2D eigenvalue weighted by atomic mass is 10.0. The lowest BCUT2D eigenvalue weighted by molar-refractivity contribution is -0.916. The number of carbonyl (C=O) groups excluding carboxylic acids is 2. The van der Waals surface area contributed by atoms with E-state index in [-0.39, 0.29) is 5.91 Å². The topological polar surface area (TPSA) is 71.9 Å². The van der Waals surface area contributed by atoms with Gasteiger partial charge in [0, 0.05) is 17.7 Å². The van der Waals surface area contributed by atoms with Gasteiger partial charge >= 0.3 is 6.03 Å². The quantitative estimate of drug-likeness (QED) is 0.662. The first-order valence-corrected chi connectivity index (χ1v) is 9.22. The summed E-state index contributed by atoms with van der Waals surface area (Å²) in [6.07, 6.45) is 0. The Morgan fingerprint density at radius 2 is 1.70 bits per heavy atom. The summed E-state index contributed by atoms with van der Waals surface area (Å²) in [5.74, 6) is 0.503. The van der Waals surface area contributed by atoms with Gasteiger partial charge < -0.3 is 15.0 Å². The summed E-state index contributed by atoms with van der Waals surface area (Å²) in [6, 6.07) is 16.4. The van der Waals surface area contributed by atoms with Crippen LogP contribution in [0, 0.1) is 0 Å². The highest BCUT2D eigenvalue weighted by Gasteiger charge is 2.30. The lowest BCUT2D eigenvalue weighted by Crippen LogP contribution is -3.09. The van der Waals surface area contributed by atoms with Crippen LogP contribution in [0.1, 0.15) is 31.0 Å². The molecular formula is C21H28N3O3+. The smallest absolute Gasteiger partial charge is 0.321 e. The molecule has 0 radical (unpaired) electrons. The third kappa shape index (κ3) is 6.11. The highest BCUT2D eigenvalue weighted by Crippen LogP contribution is 2.13. The molecule has 2 atom stereocenters. The zero-order chi connectivity index (χ0) is 19.6. The molecule has 6 nitrogen and oxygen atoms in total. The third-order valence-corrected chi connectivity index (χ3v) is 4.18. The summed E-state index contributed by atoms with van der Waals surface area (Å²) in [5.41, 5.74) is 1.95. The molecule has 0 aliphatic carbocycles. The predicted octanol–water partition coefficient (Wildman–Crippen LogP) is 1.69. The Hall–Kier alpha value is -2.86. The first-order valence-electron chi connectivity index (χ1n) is 9.22. The van der Waals surface area contributed by atoms with Crippen LogP contribution in [0.2, 0.25) is 0 Å². The van der Waals surface area contributed by atoms with Gasteiger partial charge in [-0.1, -0.05) is 30.3 Å². The van der Waals surface area contributed by atoms with Crippen LogP contribution in [0.25, 0.3) is 0 Å². The molecule has 3 amide bonds. The Balaban J connectivity index is 2.16. The van der Waals surface area contributed by atoms with Gasteiger partial charge in [-0.05, 0) is 38.1 Å². The minimum atomic E-state index is -0.500. The van der Waals surface area contributed by atoms with E-state index in [1.54, 1.807) is 0 Å². The molecule has 2 aromatic carbocycles. The van der Waals surface area contributed by atoms with Crippen LogP contribution in [0.5, 0.6) is 5.75 Å². The molecule has 144 valence electrons.